The summed E-state index contributed by atoms with van der Waals surface area (Å²) >= 11 is 0. The van der Waals surface area contributed by atoms with Gasteiger partial charge < -0.3 is 10.5 Å². The first kappa shape index (κ1) is 10.2. The highest BCUT2D eigenvalue weighted by Gasteiger charge is 2.19. The van der Waals surface area contributed by atoms with Gasteiger partial charge in [0, 0.05) is 6.07 Å². The monoisotopic (exact) mass is 199 g/mol. The quantitative estimate of drug-likeness (QED) is 0.782. The maximum Gasteiger partial charge on any atom is 0.270 e. The zero-order valence-electron chi connectivity index (χ0n) is 7.29. The first-order valence-corrected chi connectivity index (χ1v) is 3.62. The van der Waals surface area contributed by atoms with Crippen LogP contribution >= 0.6 is 0 Å². The van der Waals surface area contributed by atoms with Crippen LogP contribution in [0, 0.1) is 11.3 Å². The average molecular weight is 199 g/mol. The van der Waals surface area contributed by atoms with E-state index in [0.29, 0.717) is 0 Å². The number of anilines is 1. The molecule has 14 heavy (non-hydrogen) atoms. The zero-order chi connectivity index (χ0) is 10.7. The van der Waals surface area contributed by atoms with Crippen molar-refractivity contribution in [1.82, 2.24) is 4.98 Å². The normalized spacial score (nSPS) is 9.93. The molecule has 0 aliphatic carbocycles. The van der Waals surface area contributed by atoms with E-state index >= 15 is 0 Å². The van der Waals surface area contributed by atoms with Gasteiger partial charge in [0.1, 0.15) is 28.9 Å². The Bertz CT molecular complexity index is 387. The van der Waals surface area contributed by atoms with Crippen molar-refractivity contribution in [3.63, 3.8) is 0 Å². The van der Waals surface area contributed by atoms with Crippen LogP contribution in [0.1, 0.15) is 17.7 Å². The molecule has 0 aliphatic rings. The second-order valence-electron chi connectivity index (χ2n) is 2.42. The maximum absolute atomic E-state index is 12.4. The van der Waals surface area contributed by atoms with Crippen LogP contribution in [-0.4, -0.2) is 12.1 Å². The van der Waals surface area contributed by atoms with E-state index in [0.717, 1.165) is 6.07 Å². The highest BCUT2D eigenvalue weighted by Crippen LogP contribution is 2.33. The van der Waals surface area contributed by atoms with Gasteiger partial charge in [-0.3, -0.25) is 0 Å². The van der Waals surface area contributed by atoms with Gasteiger partial charge in [0.15, 0.2) is 0 Å². The largest absolute Gasteiger partial charge is 0.496 e. The predicted octanol–water partition coefficient (Wildman–Crippen LogP) is 1.48. The summed E-state index contributed by atoms with van der Waals surface area (Å²) in [5.41, 5.74) is 4.72. The van der Waals surface area contributed by atoms with Gasteiger partial charge in [-0.15, -0.1) is 0 Å². The highest BCUT2D eigenvalue weighted by atomic mass is 19.3. The van der Waals surface area contributed by atoms with E-state index in [4.69, 9.17) is 11.0 Å². The number of nitrogens with zero attached hydrogens (tertiary/aromatic N) is 2. The van der Waals surface area contributed by atoms with Gasteiger partial charge >= 0.3 is 0 Å². The summed E-state index contributed by atoms with van der Waals surface area (Å²) in [6, 6.07) is 2.82. The fraction of sp³-hybridized carbons (Fsp3) is 0.250. The number of alkyl halides is 2. The Morgan fingerprint density at radius 2 is 2.29 bits per heavy atom. The minimum Gasteiger partial charge on any atom is -0.496 e. The van der Waals surface area contributed by atoms with Gasteiger partial charge in [-0.2, -0.15) is 5.26 Å². The van der Waals surface area contributed by atoms with Gasteiger partial charge in [-0.05, 0) is 0 Å². The van der Waals surface area contributed by atoms with Crippen LogP contribution in [0.25, 0.3) is 0 Å². The molecule has 1 aromatic rings. The van der Waals surface area contributed by atoms with E-state index < -0.39 is 12.0 Å². The van der Waals surface area contributed by atoms with Crippen LogP contribution in [0.5, 0.6) is 5.75 Å². The Kier molecular flexibility index (Phi) is 2.82. The Balaban J connectivity index is 3.36. The van der Waals surface area contributed by atoms with E-state index in [2.05, 4.69) is 9.72 Å². The lowest BCUT2D eigenvalue weighted by Crippen LogP contribution is -2.03. The molecule has 4 nitrogen and oxygen atoms in total. The Hall–Kier alpha value is -1.90. The number of pyridine rings is 1. The van der Waals surface area contributed by atoms with Crippen LogP contribution < -0.4 is 10.5 Å². The molecule has 1 aromatic heterocycles. The Morgan fingerprint density at radius 1 is 1.64 bits per heavy atom. The van der Waals surface area contributed by atoms with E-state index in [1.165, 1.54) is 7.11 Å². The Morgan fingerprint density at radius 3 is 2.71 bits per heavy atom. The lowest BCUT2D eigenvalue weighted by atomic mass is 10.2. The predicted molar refractivity (Wildman–Crippen MR) is 44.9 cm³/mol. The molecule has 0 radical (unpaired) electrons. The number of ether oxygens (including phenoxy) is 1. The van der Waals surface area contributed by atoms with E-state index in [-0.39, 0.29) is 17.3 Å². The van der Waals surface area contributed by atoms with Crippen molar-refractivity contribution < 1.29 is 13.5 Å². The molecule has 0 aliphatic heterocycles. The van der Waals surface area contributed by atoms with Crippen molar-refractivity contribution in [2.24, 2.45) is 0 Å². The summed E-state index contributed by atoms with van der Waals surface area (Å²) in [7, 11) is 1.22. The van der Waals surface area contributed by atoms with Crippen molar-refractivity contribution >= 4 is 5.82 Å². The molecule has 2 N–H and O–H groups in total. The number of nitrogens with two attached hydrogens (primary N) is 1. The smallest absolute Gasteiger partial charge is 0.270 e. The third-order valence-electron chi connectivity index (χ3n) is 1.60. The van der Waals surface area contributed by atoms with Crippen LogP contribution in [0.2, 0.25) is 0 Å². The van der Waals surface area contributed by atoms with Gasteiger partial charge in [0.25, 0.3) is 6.43 Å². The van der Waals surface area contributed by atoms with Crippen molar-refractivity contribution in [2.75, 3.05) is 12.8 Å². The lowest BCUT2D eigenvalue weighted by Gasteiger charge is -2.09. The average Bonchev–Trinajstić information content (AvgIpc) is 2.15. The Labute approximate surface area is 78.9 Å². The lowest BCUT2D eigenvalue weighted by molar-refractivity contribution is 0.147. The molecule has 1 heterocycles. The number of nitriles is 1. The molecule has 74 valence electrons. The zero-order valence-corrected chi connectivity index (χ0v) is 7.29. The standard InChI is InChI=1S/C8H7F2N3O/c1-14-5-2-4(3-11)13-8(12)6(5)7(9)10/h2,7H,1H3,(H2,12,13). The van der Waals surface area contributed by atoms with Crippen molar-refractivity contribution in [2.45, 2.75) is 6.43 Å². The molecule has 0 fully saturated rings. The summed E-state index contributed by atoms with van der Waals surface area (Å²) in [6.07, 6.45) is -2.77. The fourth-order valence-corrected chi connectivity index (χ4v) is 0.996. The maximum atomic E-state index is 12.4. The highest BCUT2D eigenvalue weighted by molar-refractivity contribution is 5.52. The van der Waals surface area contributed by atoms with Crippen LogP contribution in [0.4, 0.5) is 14.6 Å². The van der Waals surface area contributed by atoms with Crippen molar-refractivity contribution in [1.29, 1.82) is 5.26 Å². The summed E-state index contributed by atoms with van der Waals surface area (Å²) < 4.78 is 29.5. The van der Waals surface area contributed by atoms with Gasteiger partial charge in [0.05, 0.1) is 7.11 Å². The fourth-order valence-electron chi connectivity index (χ4n) is 0.996. The third kappa shape index (κ3) is 1.71. The molecular formula is C8H7F2N3O. The summed E-state index contributed by atoms with van der Waals surface area (Å²) in [5, 5.41) is 8.50. The SMILES string of the molecule is COc1cc(C#N)nc(N)c1C(F)F. The van der Waals surface area contributed by atoms with Gasteiger partial charge in [0.2, 0.25) is 0 Å². The number of hydrogen-bond acceptors (Lipinski definition) is 4. The topological polar surface area (TPSA) is 71.9 Å². The summed E-state index contributed by atoms with van der Waals surface area (Å²) in [6.45, 7) is 0. The summed E-state index contributed by atoms with van der Waals surface area (Å²) in [4.78, 5) is 3.48. The molecule has 0 amide bonds. The third-order valence-corrected chi connectivity index (χ3v) is 1.60. The number of rotatable bonds is 2. The van der Waals surface area contributed by atoms with E-state index in [9.17, 15) is 8.78 Å². The minimum absolute atomic E-state index is 0.0521. The molecule has 6 heteroatoms. The molecule has 0 saturated heterocycles. The van der Waals surface area contributed by atoms with Crippen molar-refractivity contribution in [3.05, 3.63) is 17.3 Å². The van der Waals surface area contributed by atoms with E-state index in [1.54, 1.807) is 6.07 Å². The molecule has 0 unspecified atom stereocenters. The number of hydrogen-bond donors (Lipinski definition) is 1. The van der Waals surface area contributed by atoms with Crippen LogP contribution in [0.15, 0.2) is 6.07 Å². The molecule has 1 rings (SSSR count). The summed E-state index contributed by atoms with van der Waals surface area (Å²) in [5.74, 6) is -0.500. The number of nitrogen functional groups attached to an aromatic ring is 1. The van der Waals surface area contributed by atoms with E-state index in [1.807, 2.05) is 0 Å². The molecule has 0 aromatic carbocycles. The molecule has 0 atom stereocenters. The molecule has 0 bridgehead atoms. The van der Waals surface area contributed by atoms with Crippen molar-refractivity contribution in [3.8, 4) is 11.8 Å². The van der Waals surface area contributed by atoms with Gasteiger partial charge in [-0.25, -0.2) is 13.8 Å². The molecule has 0 saturated carbocycles. The number of halogens is 2. The van der Waals surface area contributed by atoms with Crippen LogP contribution in [0.3, 0.4) is 0 Å². The van der Waals surface area contributed by atoms with Gasteiger partial charge in [-0.1, -0.05) is 0 Å². The number of aromatic nitrogens is 1. The second kappa shape index (κ2) is 3.87. The number of methoxy groups -OCH3 is 1. The second-order valence-corrected chi connectivity index (χ2v) is 2.42. The first-order valence-electron chi connectivity index (χ1n) is 3.62. The first-order chi connectivity index (χ1) is 6.60. The van der Waals surface area contributed by atoms with Crippen LogP contribution in [-0.2, 0) is 0 Å². The minimum atomic E-state index is -2.77. The molecule has 0 spiro atoms. The molecular weight excluding hydrogens is 192 g/mol.